The molecule has 2 heterocycles. The second-order valence-corrected chi connectivity index (χ2v) is 8.42. The number of nitrogens with zero attached hydrogens (tertiary/aromatic N) is 1. The average Bonchev–Trinajstić information content (AvgIpc) is 2.82. The summed E-state index contributed by atoms with van der Waals surface area (Å²) in [5, 5.41) is 4.94. The second-order valence-electron chi connectivity index (χ2n) is 5.48. The highest BCUT2D eigenvalue weighted by atomic mass is 32.2. The predicted octanol–water partition coefficient (Wildman–Crippen LogP) is 1.97. The SMILES string of the molecule is CNCc1scc(C)c1S(=O)(=O)N(C)CC1CCCCO1. The third-order valence-electron chi connectivity index (χ3n) is 3.73. The van der Waals surface area contributed by atoms with E-state index in [1.54, 1.807) is 7.05 Å². The topological polar surface area (TPSA) is 58.6 Å². The molecular formula is C14H24N2O3S2. The summed E-state index contributed by atoms with van der Waals surface area (Å²) in [5.74, 6) is 0. The Labute approximate surface area is 131 Å². The molecule has 1 N–H and O–H groups in total. The quantitative estimate of drug-likeness (QED) is 0.865. The first-order chi connectivity index (χ1) is 9.96. The smallest absolute Gasteiger partial charge is 0.244 e. The van der Waals surface area contributed by atoms with Crippen LogP contribution < -0.4 is 5.32 Å². The fourth-order valence-corrected chi connectivity index (χ4v) is 5.58. The molecule has 0 saturated carbocycles. The fraction of sp³-hybridized carbons (Fsp3) is 0.714. The molecule has 0 spiro atoms. The lowest BCUT2D eigenvalue weighted by atomic mass is 10.1. The minimum Gasteiger partial charge on any atom is -0.377 e. The van der Waals surface area contributed by atoms with E-state index in [0.29, 0.717) is 18.0 Å². The number of hydrogen-bond acceptors (Lipinski definition) is 5. The molecule has 1 aromatic rings. The Balaban J connectivity index is 2.18. The highest BCUT2D eigenvalue weighted by Crippen LogP contribution is 2.29. The minimum atomic E-state index is -3.45. The van der Waals surface area contributed by atoms with Gasteiger partial charge in [0.1, 0.15) is 4.90 Å². The number of likely N-dealkylation sites (N-methyl/N-ethyl adjacent to an activating group) is 1. The van der Waals surface area contributed by atoms with Crippen LogP contribution in [0.4, 0.5) is 0 Å². The van der Waals surface area contributed by atoms with Gasteiger partial charge in [-0.3, -0.25) is 0 Å². The van der Waals surface area contributed by atoms with Crippen LogP contribution in [-0.2, 0) is 21.3 Å². The van der Waals surface area contributed by atoms with Crippen LogP contribution in [0.5, 0.6) is 0 Å². The molecule has 1 unspecified atom stereocenters. The number of nitrogens with one attached hydrogen (secondary N) is 1. The standard InChI is InChI=1S/C14H24N2O3S2/c1-11-10-20-13(8-15-2)14(11)21(17,18)16(3)9-12-6-4-5-7-19-12/h10,12,15H,4-9H2,1-3H3. The third-order valence-corrected chi connectivity index (χ3v) is 7.02. The normalized spacial score (nSPS) is 20.1. The zero-order valence-electron chi connectivity index (χ0n) is 12.9. The Kier molecular flexibility index (Phi) is 5.79. The monoisotopic (exact) mass is 332 g/mol. The van der Waals surface area contributed by atoms with E-state index in [9.17, 15) is 8.42 Å². The number of aryl methyl sites for hydroxylation is 1. The van der Waals surface area contributed by atoms with Gasteiger partial charge >= 0.3 is 0 Å². The molecule has 1 atom stereocenters. The molecule has 1 aliphatic heterocycles. The second kappa shape index (κ2) is 7.19. The molecular weight excluding hydrogens is 308 g/mol. The summed E-state index contributed by atoms with van der Waals surface area (Å²) >= 11 is 1.49. The van der Waals surface area contributed by atoms with Crippen LogP contribution in [0, 0.1) is 6.92 Å². The van der Waals surface area contributed by atoms with Crippen LogP contribution in [0.1, 0.15) is 29.7 Å². The summed E-state index contributed by atoms with van der Waals surface area (Å²) in [7, 11) is 0.0160. The van der Waals surface area contributed by atoms with Crippen molar-refractivity contribution in [3.63, 3.8) is 0 Å². The van der Waals surface area contributed by atoms with E-state index < -0.39 is 10.0 Å². The van der Waals surface area contributed by atoms with Crippen molar-refractivity contribution < 1.29 is 13.2 Å². The summed E-state index contributed by atoms with van der Waals surface area (Å²) < 4.78 is 32.8. The molecule has 1 aromatic heterocycles. The molecule has 0 aromatic carbocycles. The lowest BCUT2D eigenvalue weighted by molar-refractivity contribution is 0.00858. The van der Waals surface area contributed by atoms with E-state index in [1.165, 1.54) is 15.6 Å². The van der Waals surface area contributed by atoms with E-state index in [1.807, 2.05) is 19.4 Å². The number of rotatable bonds is 6. The summed E-state index contributed by atoms with van der Waals surface area (Å²) in [4.78, 5) is 1.33. The molecule has 2 rings (SSSR count). The number of hydrogen-bond donors (Lipinski definition) is 1. The van der Waals surface area contributed by atoms with Crippen molar-refractivity contribution in [1.82, 2.24) is 9.62 Å². The fourth-order valence-electron chi connectivity index (χ4n) is 2.61. The van der Waals surface area contributed by atoms with E-state index >= 15 is 0 Å². The van der Waals surface area contributed by atoms with Crippen molar-refractivity contribution in [2.75, 3.05) is 27.2 Å². The third kappa shape index (κ3) is 3.84. The van der Waals surface area contributed by atoms with Gasteiger partial charge in [-0.15, -0.1) is 11.3 Å². The Morgan fingerprint density at radius 1 is 1.48 bits per heavy atom. The van der Waals surface area contributed by atoms with E-state index in [4.69, 9.17) is 4.74 Å². The molecule has 1 saturated heterocycles. The van der Waals surface area contributed by atoms with Gasteiger partial charge in [-0.2, -0.15) is 4.31 Å². The van der Waals surface area contributed by atoms with Crippen molar-refractivity contribution in [2.45, 2.75) is 43.7 Å². The van der Waals surface area contributed by atoms with Crippen LogP contribution in [0.25, 0.3) is 0 Å². The van der Waals surface area contributed by atoms with Crippen molar-refractivity contribution >= 4 is 21.4 Å². The molecule has 0 radical (unpaired) electrons. The van der Waals surface area contributed by atoms with Gasteiger partial charge in [0.25, 0.3) is 0 Å². The van der Waals surface area contributed by atoms with E-state index in [-0.39, 0.29) is 6.10 Å². The lowest BCUT2D eigenvalue weighted by Crippen LogP contribution is -2.37. The summed E-state index contributed by atoms with van der Waals surface area (Å²) in [6.45, 7) is 3.59. The van der Waals surface area contributed by atoms with E-state index in [2.05, 4.69) is 5.32 Å². The van der Waals surface area contributed by atoms with Crippen LogP contribution in [0.2, 0.25) is 0 Å². The zero-order valence-corrected chi connectivity index (χ0v) is 14.5. The summed E-state index contributed by atoms with van der Waals surface area (Å²) in [5.41, 5.74) is 0.821. The summed E-state index contributed by atoms with van der Waals surface area (Å²) in [6, 6.07) is 0. The van der Waals surface area contributed by atoms with Gasteiger partial charge in [-0.1, -0.05) is 0 Å². The van der Waals surface area contributed by atoms with Crippen LogP contribution in [-0.4, -0.2) is 46.1 Å². The molecule has 1 aliphatic rings. The molecule has 21 heavy (non-hydrogen) atoms. The average molecular weight is 332 g/mol. The maximum atomic E-state index is 12.8. The zero-order chi connectivity index (χ0) is 15.5. The first-order valence-electron chi connectivity index (χ1n) is 7.26. The number of sulfonamides is 1. The molecule has 5 nitrogen and oxygen atoms in total. The Hall–Kier alpha value is -0.470. The highest BCUT2D eigenvalue weighted by molar-refractivity contribution is 7.89. The largest absolute Gasteiger partial charge is 0.377 e. The Morgan fingerprint density at radius 2 is 2.24 bits per heavy atom. The highest BCUT2D eigenvalue weighted by Gasteiger charge is 2.29. The molecule has 0 aliphatic carbocycles. The first kappa shape index (κ1) is 16.9. The number of ether oxygens (including phenoxy) is 1. The van der Waals surface area contributed by atoms with Gasteiger partial charge in [0, 0.05) is 31.6 Å². The van der Waals surface area contributed by atoms with Gasteiger partial charge in [-0.25, -0.2) is 8.42 Å². The van der Waals surface area contributed by atoms with Crippen molar-refractivity contribution in [1.29, 1.82) is 0 Å². The van der Waals surface area contributed by atoms with Crippen molar-refractivity contribution in [2.24, 2.45) is 0 Å². The van der Waals surface area contributed by atoms with Crippen LogP contribution in [0.15, 0.2) is 10.3 Å². The lowest BCUT2D eigenvalue weighted by Gasteiger charge is -2.27. The van der Waals surface area contributed by atoms with Crippen molar-refractivity contribution in [3.8, 4) is 0 Å². The van der Waals surface area contributed by atoms with Gasteiger partial charge in [0.2, 0.25) is 10.0 Å². The van der Waals surface area contributed by atoms with Gasteiger partial charge in [0.15, 0.2) is 0 Å². The molecule has 0 amide bonds. The minimum absolute atomic E-state index is 0.0187. The Morgan fingerprint density at radius 3 is 2.86 bits per heavy atom. The molecule has 1 fully saturated rings. The predicted molar refractivity (Wildman–Crippen MR) is 85.2 cm³/mol. The van der Waals surface area contributed by atoms with Crippen LogP contribution >= 0.6 is 11.3 Å². The van der Waals surface area contributed by atoms with E-state index in [0.717, 1.165) is 36.3 Å². The first-order valence-corrected chi connectivity index (χ1v) is 9.58. The molecule has 0 bridgehead atoms. The van der Waals surface area contributed by atoms with Gasteiger partial charge < -0.3 is 10.1 Å². The molecule has 120 valence electrons. The van der Waals surface area contributed by atoms with Crippen LogP contribution in [0.3, 0.4) is 0 Å². The Bertz CT molecular complexity index is 563. The number of thiophene rings is 1. The van der Waals surface area contributed by atoms with Gasteiger partial charge in [0.05, 0.1) is 6.10 Å². The van der Waals surface area contributed by atoms with Gasteiger partial charge in [-0.05, 0) is 44.2 Å². The summed E-state index contributed by atoms with van der Waals surface area (Å²) in [6.07, 6.45) is 3.14. The maximum Gasteiger partial charge on any atom is 0.244 e. The molecule has 7 heteroatoms. The maximum absolute atomic E-state index is 12.8. The van der Waals surface area contributed by atoms with Crippen molar-refractivity contribution in [3.05, 3.63) is 15.8 Å².